The van der Waals surface area contributed by atoms with Crippen LogP contribution < -0.4 is 5.32 Å². The molecule has 1 aliphatic carbocycles. The van der Waals surface area contributed by atoms with Gasteiger partial charge in [-0.2, -0.15) is 0 Å². The highest BCUT2D eigenvalue weighted by atomic mass is 16.2. The smallest absolute Gasteiger partial charge is 0.226 e. The number of piperidine rings is 1. The van der Waals surface area contributed by atoms with Crippen LogP contribution in [0.2, 0.25) is 0 Å². The van der Waals surface area contributed by atoms with Crippen molar-refractivity contribution in [3.8, 4) is 0 Å². The van der Waals surface area contributed by atoms with Gasteiger partial charge in [-0.25, -0.2) is 0 Å². The number of fused-ring (bicyclic) bond motifs is 1. The lowest BCUT2D eigenvalue weighted by atomic mass is 9.87. The van der Waals surface area contributed by atoms with Crippen molar-refractivity contribution in [2.24, 2.45) is 0 Å². The van der Waals surface area contributed by atoms with Gasteiger partial charge in [-0.05, 0) is 43.2 Å². The van der Waals surface area contributed by atoms with E-state index in [0.29, 0.717) is 0 Å². The van der Waals surface area contributed by atoms with Gasteiger partial charge < -0.3 is 5.32 Å². The largest absolute Gasteiger partial charge is 0.310 e. The van der Waals surface area contributed by atoms with Gasteiger partial charge in [0.05, 0.1) is 0 Å². The third kappa shape index (κ3) is 1.35. The monoisotopic (exact) mass is 177 g/mol. The fourth-order valence-electron chi connectivity index (χ4n) is 1.77. The molecule has 0 aromatic heterocycles. The van der Waals surface area contributed by atoms with Crippen LogP contribution in [0.3, 0.4) is 0 Å². The molecule has 0 radical (unpaired) electrons. The van der Waals surface area contributed by atoms with E-state index in [2.05, 4.69) is 5.32 Å². The molecule has 0 bridgehead atoms. The number of hydrogen-bond acceptors (Lipinski definition) is 3. The molecule has 2 rings (SSSR count). The van der Waals surface area contributed by atoms with Crippen molar-refractivity contribution in [1.82, 2.24) is 5.32 Å². The van der Waals surface area contributed by atoms with Crippen molar-refractivity contribution >= 4 is 11.6 Å². The van der Waals surface area contributed by atoms with E-state index in [4.69, 9.17) is 0 Å². The number of carbonyl (C=O) groups excluding carboxylic acids is 2. The molecule has 0 aromatic rings. The van der Waals surface area contributed by atoms with E-state index in [1.54, 1.807) is 0 Å². The molecule has 0 saturated carbocycles. The SMILES string of the molecule is C[C@@H]1NCCC2=CC(=O)C(=O)C=C21. The molecular weight excluding hydrogens is 166 g/mol. The van der Waals surface area contributed by atoms with Gasteiger partial charge in [-0.15, -0.1) is 0 Å². The molecule has 0 spiro atoms. The molecule has 68 valence electrons. The molecule has 3 nitrogen and oxygen atoms in total. The summed E-state index contributed by atoms with van der Waals surface area (Å²) in [5, 5.41) is 3.24. The molecule has 1 N–H and O–H groups in total. The molecule has 1 atom stereocenters. The van der Waals surface area contributed by atoms with Crippen LogP contribution in [0.5, 0.6) is 0 Å². The maximum absolute atomic E-state index is 11.1. The van der Waals surface area contributed by atoms with Gasteiger partial charge in [0.2, 0.25) is 11.6 Å². The van der Waals surface area contributed by atoms with Crippen LogP contribution in [0.15, 0.2) is 23.3 Å². The minimum atomic E-state index is -0.394. The normalized spacial score (nSPS) is 27.9. The highest BCUT2D eigenvalue weighted by molar-refractivity contribution is 6.46. The molecule has 1 saturated heterocycles. The minimum Gasteiger partial charge on any atom is -0.310 e. The molecule has 2 aliphatic rings. The summed E-state index contributed by atoms with van der Waals surface area (Å²) in [6.07, 6.45) is 3.79. The molecule has 13 heavy (non-hydrogen) atoms. The Morgan fingerprint density at radius 1 is 1.31 bits per heavy atom. The maximum atomic E-state index is 11.1. The average molecular weight is 177 g/mol. The fourth-order valence-corrected chi connectivity index (χ4v) is 1.77. The summed E-state index contributed by atoms with van der Waals surface area (Å²) >= 11 is 0. The predicted molar refractivity (Wildman–Crippen MR) is 48.3 cm³/mol. The second-order valence-electron chi connectivity index (χ2n) is 3.42. The van der Waals surface area contributed by atoms with E-state index >= 15 is 0 Å². The van der Waals surface area contributed by atoms with E-state index in [9.17, 15) is 9.59 Å². The van der Waals surface area contributed by atoms with Crippen molar-refractivity contribution in [1.29, 1.82) is 0 Å². The Labute approximate surface area is 76.5 Å². The third-order valence-electron chi connectivity index (χ3n) is 2.52. The summed E-state index contributed by atoms with van der Waals surface area (Å²) in [6.45, 7) is 2.88. The van der Waals surface area contributed by atoms with Gasteiger partial charge in [0.15, 0.2) is 0 Å². The number of allylic oxidation sites excluding steroid dienone is 2. The number of hydrogen-bond donors (Lipinski definition) is 1. The molecule has 1 heterocycles. The Hall–Kier alpha value is -1.22. The topological polar surface area (TPSA) is 46.2 Å². The zero-order valence-corrected chi connectivity index (χ0v) is 7.46. The Bertz CT molecular complexity index is 339. The Balaban J connectivity index is 2.39. The van der Waals surface area contributed by atoms with Crippen molar-refractivity contribution in [3.63, 3.8) is 0 Å². The molecule has 1 fully saturated rings. The molecule has 0 amide bonds. The molecule has 3 heteroatoms. The van der Waals surface area contributed by atoms with Crippen LogP contribution in [-0.4, -0.2) is 24.2 Å². The number of carbonyl (C=O) groups is 2. The first kappa shape index (κ1) is 8.38. The Morgan fingerprint density at radius 3 is 2.77 bits per heavy atom. The minimum absolute atomic E-state index is 0.192. The standard InChI is InChI=1S/C10H11NO2/c1-6-8-5-10(13)9(12)4-7(8)2-3-11-6/h4-6,11H,2-3H2,1H3/t6-/m0/s1. The summed E-state index contributed by atoms with van der Waals surface area (Å²) in [5.41, 5.74) is 2.01. The first-order valence-electron chi connectivity index (χ1n) is 4.42. The van der Waals surface area contributed by atoms with E-state index < -0.39 is 5.78 Å². The summed E-state index contributed by atoms with van der Waals surface area (Å²) in [6, 6.07) is 0.192. The highest BCUT2D eigenvalue weighted by Gasteiger charge is 2.25. The fraction of sp³-hybridized carbons (Fsp3) is 0.400. The van der Waals surface area contributed by atoms with Gasteiger partial charge in [0.25, 0.3) is 0 Å². The highest BCUT2D eigenvalue weighted by Crippen LogP contribution is 2.24. The number of nitrogens with one attached hydrogen (secondary N) is 1. The summed E-state index contributed by atoms with van der Waals surface area (Å²) in [7, 11) is 0. The number of ketones is 2. The molecule has 1 aliphatic heterocycles. The molecule has 0 aromatic carbocycles. The summed E-state index contributed by atoms with van der Waals surface area (Å²) in [5.74, 6) is -0.776. The van der Waals surface area contributed by atoms with Crippen molar-refractivity contribution in [3.05, 3.63) is 23.3 Å². The van der Waals surface area contributed by atoms with E-state index in [0.717, 1.165) is 24.1 Å². The van der Waals surface area contributed by atoms with Crippen LogP contribution in [0.25, 0.3) is 0 Å². The van der Waals surface area contributed by atoms with E-state index in [-0.39, 0.29) is 11.8 Å². The lowest BCUT2D eigenvalue weighted by molar-refractivity contribution is -0.131. The number of rotatable bonds is 0. The van der Waals surface area contributed by atoms with Crippen molar-refractivity contribution in [2.75, 3.05) is 6.54 Å². The predicted octanol–water partition coefficient (Wildman–Crippen LogP) is 0.373. The van der Waals surface area contributed by atoms with E-state index in [1.807, 2.05) is 6.92 Å². The quantitative estimate of drug-likeness (QED) is 0.429. The zero-order valence-electron chi connectivity index (χ0n) is 7.46. The lowest BCUT2D eigenvalue weighted by Gasteiger charge is -2.27. The average Bonchev–Trinajstić information content (AvgIpc) is 2.09. The van der Waals surface area contributed by atoms with Gasteiger partial charge in [0, 0.05) is 6.04 Å². The van der Waals surface area contributed by atoms with Crippen molar-refractivity contribution in [2.45, 2.75) is 19.4 Å². The second-order valence-corrected chi connectivity index (χ2v) is 3.42. The maximum Gasteiger partial charge on any atom is 0.226 e. The van der Waals surface area contributed by atoms with Crippen LogP contribution in [0.4, 0.5) is 0 Å². The van der Waals surface area contributed by atoms with Gasteiger partial charge >= 0.3 is 0 Å². The zero-order chi connectivity index (χ0) is 9.42. The first-order valence-corrected chi connectivity index (χ1v) is 4.42. The third-order valence-corrected chi connectivity index (χ3v) is 2.52. The van der Waals surface area contributed by atoms with Crippen LogP contribution in [0, 0.1) is 0 Å². The van der Waals surface area contributed by atoms with Gasteiger partial charge in [-0.1, -0.05) is 0 Å². The van der Waals surface area contributed by atoms with Crippen LogP contribution in [-0.2, 0) is 9.59 Å². The summed E-state index contributed by atoms with van der Waals surface area (Å²) < 4.78 is 0. The van der Waals surface area contributed by atoms with Crippen molar-refractivity contribution < 1.29 is 9.59 Å². The second kappa shape index (κ2) is 2.92. The van der Waals surface area contributed by atoms with Crippen LogP contribution in [0.1, 0.15) is 13.3 Å². The molecular formula is C10H11NO2. The van der Waals surface area contributed by atoms with E-state index in [1.165, 1.54) is 12.2 Å². The Morgan fingerprint density at radius 2 is 2.00 bits per heavy atom. The molecule has 0 unspecified atom stereocenters. The first-order chi connectivity index (χ1) is 6.18. The lowest BCUT2D eigenvalue weighted by Crippen LogP contribution is -2.37. The summed E-state index contributed by atoms with van der Waals surface area (Å²) in [4.78, 5) is 22.2. The van der Waals surface area contributed by atoms with Gasteiger partial charge in [0.1, 0.15) is 0 Å². The van der Waals surface area contributed by atoms with Crippen LogP contribution >= 0.6 is 0 Å². The van der Waals surface area contributed by atoms with Gasteiger partial charge in [-0.3, -0.25) is 9.59 Å². The Kier molecular flexibility index (Phi) is 1.88.